The first kappa shape index (κ1) is 21.7. The molecule has 2 aromatic rings. The number of ether oxygens (including phenoxy) is 1. The molecule has 2 aromatic heterocycles. The molecule has 0 bridgehead atoms. The predicted molar refractivity (Wildman–Crippen MR) is 114 cm³/mol. The molecule has 0 amide bonds. The van der Waals surface area contributed by atoms with Crippen molar-refractivity contribution in [3.8, 4) is 5.88 Å². The van der Waals surface area contributed by atoms with Crippen LogP contribution >= 0.6 is 0 Å². The third-order valence-electron chi connectivity index (χ3n) is 4.60. The van der Waals surface area contributed by atoms with E-state index in [0.29, 0.717) is 19.0 Å². The number of guanidine groups is 1. The summed E-state index contributed by atoms with van der Waals surface area (Å²) in [5.41, 5.74) is 4.57. The number of nitrogens with one attached hydrogen (secondary N) is 2. The molecular weight excluding hydrogens is 352 g/mol. The van der Waals surface area contributed by atoms with E-state index in [2.05, 4.69) is 55.3 Å². The molecular formula is C21H34N6O. The lowest BCUT2D eigenvalue weighted by Gasteiger charge is -2.18. The van der Waals surface area contributed by atoms with Gasteiger partial charge >= 0.3 is 0 Å². The van der Waals surface area contributed by atoms with Gasteiger partial charge in [-0.25, -0.2) is 9.98 Å². The van der Waals surface area contributed by atoms with Crippen molar-refractivity contribution in [2.24, 2.45) is 12.0 Å². The Labute approximate surface area is 168 Å². The first-order valence-corrected chi connectivity index (χ1v) is 10.1. The van der Waals surface area contributed by atoms with Gasteiger partial charge in [-0.1, -0.05) is 13.0 Å². The topological polar surface area (TPSA) is 76.4 Å². The minimum atomic E-state index is 0.226. The van der Waals surface area contributed by atoms with E-state index in [9.17, 15) is 0 Å². The number of aromatic nitrogens is 3. The van der Waals surface area contributed by atoms with Crippen molar-refractivity contribution in [1.29, 1.82) is 0 Å². The molecule has 0 saturated carbocycles. The average Bonchev–Trinajstić information content (AvgIpc) is 2.91. The lowest BCUT2D eigenvalue weighted by atomic mass is 10.1. The Kier molecular flexibility index (Phi) is 8.29. The van der Waals surface area contributed by atoms with E-state index in [1.165, 1.54) is 11.3 Å². The van der Waals surface area contributed by atoms with Crippen molar-refractivity contribution in [1.82, 2.24) is 25.4 Å². The summed E-state index contributed by atoms with van der Waals surface area (Å²) in [5, 5.41) is 11.3. The Balaban J connectivity index is 2.06. The van der Waals surface area contributed by atoms with Crippen LogP contribution in [0.15, 0.2) is 23.3 Å². The van der Waals surface area contributed by atoms with Crippen molar-refractivity contribution in [3.63, 3.8) is 0 Å². The van der Waals surface area contributed by atoms with Gasteiger partial charge in [0, 0.05) is 37.1 Å². The molecule has 1 unspecified atom stereocenters. The van der Waals surface area contributed by atoms with E-state index >= 15 is 0 Å². The zero-order valence-electron chi connectivity index (χ0n) is 18.0. The highest BCUT2D eigenvalue weighted by Crippen LogP contribution is 2.16. The molecule has 2 rings (SSSR count). The Bertz CT molecular complexity index is 783. The lowest BCUT2D eigenvalue weighted by molar-refractivity contribution is 0.302. The average molecular weight is 387 g/mol. The quantitative estimate of drug-likeness (QED) is 0.512. The number of hydrogen-bond donors (Lipinski definition) is 2. The van der Waals surface area contributed by atoms with Gasteiger partial charge in [-0.3, -0.25) is 4.68 Å². The molecule has 7 nitrogen and oxygen atoms in total. The Hall–Kier alpha value is -2.57. The molecule has 2 N–H and O–H groups in total. The summed E-state index contributed by atoms with van der Waals surface area (Å²) in [4.78, 5) is 9.07. The molecule has 0 radical (unpaired) electrons. The first-order chi connectivity index (χ1) is 13.5. The third-order valence-corrected chi connectivity index (χ3v) is 4.60. The smallest absolute Gasteiger partial charge is 0.218 e. The van der Waals surface area contributed by atoms with Crippen molar-refractivity contribution >= 4 is 5.96 Å². The molecule has 154 valence electrons. The van der Waals surface area contributed by atoms with Gasteiger partial charge in [0.1, 0.15) is 0 Å². The summed E-state index contributed by atoms with van der Waals surface area (Å²) in [6.07, 6.45) is 3.60. The molecule has 1 atom stereocenters. The number of aryl methyl sites for hydroxylation is 2. The van der Waals surface area contributed by atoms with Crippen LogP contribution in [-0.2, 0) is 20.0 Å². The van der Waals surface area contributed by atoms with Gasteiger partial charge in [-0.15, -0.1) is 0 Å². The van der Waals surface area contributed by atoms with Crippen LogP contribution in [0.3, 0.4) is 0 Å². The van der Waals surface area contributed by atoms with E-state index < -0.39 is 0 Å². The maximum atomic E-state index is 5.74. The Morgan fingerprint density at radius 2 is 2.11 bits per heavy atom. The molecule has 7 heteroatoms. The largest absolute Gasteiger partial charge is 0.477 e. The monoisotopic (exact) mass is 386 g/mol. The van der Waals surface area contributed by atoms with Gasteiger partial charge < -0.3 is 15.4 Å². The molecule has 0 saturated heterocycles. The number of hydrogen-bond acceptors (Lipinski definition) is 4. The van der Waals surface area contributed by atoms with Crippen LogP contribution in [0.2, 0.25) is 0 Å². The zero-order chi connectivity index (χ0) is 20.5. The molecule has 0 fully saturated rings. The SMILES string of the molecule is CCCOc1ncccc1CN=C(NCC)NC(C)Cc1c(C)nn(C)c1C. The van der Waals surface area contributed by atoms with Crippen LogP contribution in [0.25, 0.3) is 0 Å². The maximum absolute atomic E-state index is 5.74. The van der Waals surface area contributed by atoms with Gasteiger partial charge in [-0.05, 0) is 52.2 Å². The molecule has 0 spiro atoms. The van der Waals surface area contributed by atoms with Crippen molar-refractivity contribution in [2.75, 3.05) is 13.2 Å². The predicted octanol–water partition coefficient (Wildman–Crippen LogP) is 2.91. The third kappa shape index (κ3) is 5.97. The fourth-order valence-corrected chi connectivity index (χ4v) is 3.06. The fraction of sp³-hybridized carbons (Fsp3) is 0.571. The first-order valence-electron chi connectivity index (χ1n) is 10.1. The summed E-state index contributed by atoms with van der Waals surface area (Å²) in [6, 6.07) is 4.15. The number of rotatable bonds is 9. The summed E-state index contributed by atoms with van der Waals surface area (Å²) >= 11 is 0. The van der Waals surface area contributed by atoms with Crippen LogP contribution in [0.5, 0.6) is 5.88 Å². The van der Waals surface area contributed by atoms with E-state index in [4.69, 9.17) is 9.73 Å². The van der Waals surface area contributed by atoms with Crippen LogP contribution in [-0.4, -0.2) is 39.9 Å². The van der Waals surface area contributed by atoms with Crippen molar-refractivity contribution in [2.45, 2.75) is 60.0 Å². The highest BCUT2D eigenvalue weighted by molar-refractivity contribution is 5.80. The number of aliphatic imine (C=N–C) groups is 1. The second-order valence-electron chi connectivity index (χ2n) is 7.03. The van der Waals surface area contributed by atoms with Crippen LogP contribution in [0.4, 0.5) is 0 Å². The standard InChI is InChI=1S/C21H34N6O/c1-7-12-28-20-18(10-9-11-23-20)14-24-21(22-8-2)25-15(3)13-19-16(4)26-27(6)17(19)5/h9-11,15H,7-8,12-14H2,1-6H3,(H2,22,24,25). The second-order valence-corrected chi connectivity index (χ2v) is 7.03. The van der Waals surface area contributed by atoms with E-state index in [-0.39, 0.29) is 6.04 Å². The molecule has 0 aliphatic rings. The minimum Gasteiger partial charge on any atom is -0.477 e. The zero-order valence-corrected chi connectivity index (χ0v) is 18.0. The van der Waals surface area contributed by atoms with Crippen LogP contribution in [0.1, 0.15) is 49.7 Å². The van der Waals surface area contributed by atoms with E-state index in [0.717, 1.165) is 36.6 Å². The molecule has 2 heterocycles. The summed E-state index contributed by atoms with van der Waals surface area (Å²) in [6.45, 7) is 12.5. The fourth-order valence-electron chi connectivity index (χ4n) is 3.06. The van der Waals surface area contributed by atoms with Gasteiger partial charge in [0.25, 0.3) is 0 Å². The molecule has 0 aliphatic carbocycles. The highest BCUT2D eigenvalue weighted by Gasteiger charge is 2.14. The van der Waals surface area contributed by atoms with Crippen LogP contribution in [0, 0.1) is 13.8 Å². The van der Waals surface area contributed by atoms with Gasteiger partial charge in [0.2, 0.25) is 5.88 Å². The molecule has 28 heavy (non-hydrogen) atoms. The van der Waals surface area contributed by atoms with Gasteiger partial charge in [0.15, 0.2) is 5.96 Å². The molecule has 0 aromatic carbocycles. The number of nitrogens with zero attached hydrogens (tertiary/aromatic N) is 4. The van der Waals surface area contributed by atoms with Gasteiger partial charge in [-0.2, -0.15) is 5.10 Å². The summed E-state index contributed by atoms with van der Waals surface area (Å²) in [5.74, 6) is 1.46. The van der Waals surface area contributed by atoms with Crippen molar-refractivity contribution < 1.29 is 4.74 Å². The Morgan fingerprint density at radius 3 is 2.75 bits per heavy atom. The van der Waals surface area contributed by atoms with E-state index in [1.807, 2.05) is 23.9 Å². The van der Waals surface area contributed by atoms with Crippen molar-refractivity contribution in [3.05, 3.63) is 40.8 Å². The van der Waals surface area contributed by atoms with Crippen LogP contribution < -0.4 is 15.4 Å². The lowest BCUT2D eigenvalue weighted by Crippen LogP contribution is -2.43. The summed E-state index contributed by atoms with van der Waals surface area (Å²) in [7, 11) is 1.99. The van der Waals surface area contributed by atoms with E-state index in [1.54, 1.807) is 6.20 Å². The second kappa shape index (κ2) is 10.7. The Morgan fingerprint density at radius 1 is 1.32 bits per heavy atom. The molecule has 0 aliphatic heterocycles. The highest BCUT2D eigenvalue weighted by atomic mass is 16.5. The van der Waals surface area contributed by atoms with Gasteiger partial charge in [0.05, 0.1) is 18.8 Å². The maximum Gasteiger partial charge on any atom is 0.218 e. The minimum absolute atomic E-state index is 0.226. The normalized spacial score (nSPS) is 12.7. The summed E-state index contributed by atoms with van der Waals surface area (Å²) < 4.78 is 7.68. The number of pyridine rings is 1.